The second kappa shape index (κ2) is 4.83. The van der Waals surface area contributed by atoms with Crippen LogP contribution in [0.5, 0.6) is 0 Å². The van der Waals surface area contributed by atoms with Crippen molar-refractivity contribution in [3.63, 3.8) is 0 Å². The summed E-state index contributed by atoms with van der Waals surface area (Å²) < 4.78 is 0. The van der Waals surface area contributed by atoms with Gasteiger partial charge in [-0.25, -0.2) is 0 Å². The summed E-state index contributed by atoms with van der Waals surface area (Å²) >= 11 is 11.9. The Morgan fingerprint density at radius 1 is 1.19 bits per heavy atom. The number of rotatable bonds is 2. The van der Waals surface area contributed by atoms with Gasteiger partial charge in [0.05, 0.1) is 11.1 Å². The van der Waals surface area contributed by atoms with E-state index in [1.807, 2.05) is 30.3 Å². The molecule has 0 aliphatic carbocycles. The molecule has 2 nitrogen and oxygen atoms in total. The van der Waals surface area contributed by atoms with Crippen LogP contribution in [0.15, 0.2) is 42.7 Å². The van der Waals surface area contributed by atoms with Crippen LogP contribution in [0.25, 0.3) is 0 Å². The van der Waals surface area contributed by atoms with Crippen molar-refractivity contribution in [1.29, 1.82) is 0 Å². The summed E-state index contributed by atoms with van der Waals surface area (Å²) in [5.74, 6) is 0. The van der Waals surface area contributed by atoms with Gasteiger partial charge in [-0.3, -0.25) is 4.98 Å². The predicted molar refractivity (Wildman–Crippen MR) is 66.7 cm³/mol. The highest BCUT2D eigenvalue weighted by Gasteiger charge is 2.12. The monoisotopic (exact) mass is 252 g/mol. The molecule has 0 aliphatic heterocycles. The number of pyridine rings is 1. The van der Waals surface area contributed by atoms with Gasteiger partial charge in [-0.1, -0.05) is 35.3 Å². The number of nitrogens with zero attached hydrogens (tertiary/aromatic N) is 1. The van der Waals surface area contributed by atoms with Crippen LogP contribution >= 0.6 is 23.2 Å². The molecule has 2 rings (SSSR count). The summed E-state index contributed by atoms with van der Waals surface area (Å²) in [6.07, 6.45) is 3.26. The van der Waals surface area contributed by atoms with Crippen molar-refractivity contribution in [2.45, 2.75) is 6.04 Å². The highest BCUT2D eigenvalue weighted by atomic mass is 35.5. The van der Waals surface area contributed by atoms with E-state index in [1.54, 1.807) is 12.4 Å². The lowest BCUT2D eigenvalue weighted by atomic mass is 10.0. The fourth-order valence-corrected chi connectivity index (χ4v) is 1.95. The molecular formula is C12H10Cl2N2. The minimum Gasteiger partial charge on any atom is -0.320 e. The zero-order valence-electron chi connectivity index (χ0n) is 8.40. The average molecular weight is 253 g/mol. The predicted octanol–water partition coefficient (Wildman–Crippen LogP) is 3.44. The number of hydrogen-bond acceptors (Lipinski definition) is 2. The molecule has 2 aromatic rings. The first kappa shape index (κ1) is 11.4. The van der Waals surface area contributed by atoms with Crippen LogP contribution in [-0.4, -0.2) is 4.98 Å². The van der Waals surface area contributed by atoms with E-state index in [0.29, 0.717) is 10.0 Å². The standard InChI is InChI=1S/C12H10Cl2N2/c13-9-3-1-2-8(6-9)12(15)10-4-5-16-7-11(10)14/h1-7,12H,15H2. The van der Waals surface area contributed by atoms with Gasteiger partial charge in [0, 0.05) is 17.4 Å². The van der Waals surface area contributed by atoms with E-state index in [1.165, 1.54) is 0 Å². The summed E-state index contributed by atoms with van der Waals surface area (Å²) in [7, 11) is 0. The first-order chi connectivity index (χ1) is 7.68. The van der Waals surface area contributed by atoms with Crippen LogP contribution in [0.2, 0.25) is 10.0 Å². The van der Waals surface area contributed by atoms with E-state index in [4.69, 9.17) is 28.9 Å². The van der Waals surface area contributed by atoms with Crippen molar-refractivity contribution in [1.82, 2.24) is 4.98 Å². The van der Waals surface area contributed by atoms with E-state index >= 15 is 0 Å². The topological polar surface area (TPSA) is 38.9 Å². The molecule has 0 saturated heterocycles. The maximum atomic E-state index is 6.12. The SMILES string of the molecule is NC(c1cccc(Cl)c1)c1ccncc1Cl. The second-order valence-electron chi connectivity index (χ2n) is 3.43. The summed E-state index contributed by atoms with van der Waals surface area (Å²) in [6, 6.07) is 8.97. The fraction of sp³-hybridized carbons (Fsp3) is 0.0833. The minimum atomic E-state index is -0.283. The van der Waals surface area contributed by atoms with Crippen LogP contribution in [0, 0.1) is 0 Å². The summed E-state index contributed by atoms with van der Waals surface area (Å²) in [4.78, 5) is 3.92. The quantitative estimate of drug-likeness (QED) is 0.890. The third-order valence-electron chi connectivity index (χ3n) is 2.35. The van der Waals surface area contributed by atoms with Crippen molar-refractivity contribution in [2.24, 2.45) is 5.73 Å². The van der Waals surface area contributed by atoms with Crippen LogP contribution in [0.3, 0.4) is 0 Å². The lowest BCUT2D eigenvalue weighted by Crippen LogP contribution is -2.12. The molecule has 1 atom stereocenters. The van der Waals surface area contributed by atoms with E-state index < -0.39 is 0 Å². The van der Waals surface area contributed by atoms with Gasteiger partial charge in [0.25, 0.3) is 0 Å². The second-order valence-corrected chi connectivity index (χ2v) is 4.27. The van der Waals surface area contributed by atoms with Crippen LogP contribution in [-0.2, 0) is 0 Å². The van der Waals surface area contributed by atoms with Gasteiger partial charge < -0.3 is 5.73 Å². The Morgan fingerprint density at radius 3 is 2.69 bits per heavy atom. The molecule has 1 heterocycles. The third kappa shape index (κ3) is 2.35. The van der Waals surface area contributed by atoms with Gasteiger partial charge in [0.1, 0.15) is 0 Å². The van der Waals surface area contributed by atoms with Crippen molar-refractivity contribution < 1.29 is 0 Å². The minimum absolute atomic E-state index is 0.283. The molecule has 0 saturated carbocycles. The van der Waals surface area contributed by atoms with Gasteiger partial charge in [-0.05, 0) is 29.3 Å². The molecule has 0 fully saturated rings. The maximum Gasteiger partial charge on any atom is 0.0640 e. The molecule has 16 heavy (non-hydrogen) atoms. The molecule has 4 heteroatoms. The molecule has 0 spiro atoms. The van der Waals surface area contributed by atoms with Gasteiger partial charge >= 0.3 is 0 Å². The Kier molecular flexibility index (Phi) is 3.44. The van der Waals surface area contributed by atoms with E-state index in [9.17, 15) is 0 Å². The zero-order chi connectivity index (χ0) is 11.5. The molecule has 1 aromatic carbocycles. The van der Waals surface area contributed by atoms with E-state index in [2.05, 4.69) is 4.98 Å². The number of hydrogen-bond donors (Lipinski definition) is 1. The fourth-order valence-electron chi connectivity index (χ4n) is 1.52. The Labute approximate surface area is 104 Å². The Bertz CT molecular complexity index is 500. The lowest BCUT2D eigenvalue weighted by molar-refractivity contribution is 0.868. The maximum absolute atomic E-state index is 6.12. The molecule has 1 unspecified atom stereocenters. The lowest BCUT2D eigenvalue weighted by Gasteiger charge is -2.13. The smallest absolute Gasteiger partial charge is 0.0640 e. The van der Waals surface area contributed by atoms with Crippen LogP contribution < -0.4 is 5.73 Å². The highest BCUT2D eigenvalue weighted by Crippen LogP contribution is 2.26. The van der Waals surface area contributed by atoms with Crippen LogP contribution in [0.1, 0.15) is 17.2 Å². The van der Waals surface area contributed by atoms with E-state index in [0.717, 1.165) is 11.1 Å². The molecule has 1 aromatic heterocycles. The molecule has 82 valence electrons. The van der Waals surface area contributed by atoms with Crippen molar-refractivity contribution in [3.8, 4) is 0 Å². The molecule has 0 radical (unpaired) electrons. The summed E-state index contributed by atoms with van der Waals surface area (Å²) in [6.45, 7) is 0. The average Bonchev–Trinajstić information content (AvgIpc) is 2.29. The number of nitrogens with two attached hydrogens (primary N) is 1. The number of benzene rings is 1. The van der Waals surface area contributed by atoms with Crippen LogP contribution in [0.4, 0.5) is 0 Å². The van der Waals surface area contributed by atoms with Crippen molar-refractivity contribution >= 4 is 23.2 Å². The molecule has 0 aliphatic rings. The summed E-state index contributed by atoms with van der Waals surface area (Å²) in [5.41, 5.74) is 7.89. The molecular weight excluding hydrogens is 243 g/mol. The normalized spacial score (nSPS) is 12.4. The number of aromatic nitrogens is 1. The molecule has 0 amide bonds. The van der Waals surface area contributed by atoms with Gasteiger partial charge in [-0.2, -0.15) is 0 Å². The number of halogens is 2. The molecule has 0 bridgehead atoms. The Hall–Kier alpha value is -1.09. The van der Waals surface area contributed by atoms with Gasteiger partial charge in [0.2, 0.25) is 0 Å². The van der Waals surface area contributed by atoms with Gasteiger partial charge in [0.15, 0.2) is 0 Å². The first-order valence-corrected chi connectivity index (χ1v) is 5.54. The largest absolute Gasteiger partial charge is 0.320 e. The Morgan fingerprint density at radius 2 is 2.00 bits per heavy atom. The van der Waals surface area contributed by atoms with Crippen molar-refractivity contribution in [3.05, 3.63) is 63.9 Å². The van der Waals surface area contributed by atoms with E-state index in [-0.39, 0.29) is 6.04 Å². The molecule has 2 N–H and O–H groups in total. The summed E-state index contributed by atoms with van der Waals surface area (Å²) in [5, 5.41) is 1.23. The Balaban J connectivity index is 2.39. The zero-order valence-corrected chi connectivity index (χ0v) is 9.91. The highest BCUT2D eigenvalue weighted by molar-refractivity contribution is 6.31. The first-order valence-electron chi connectivity index (χ1n) is 4.79. The third-order valence-corrected chi connectivity index (χ3v) is 2.90. The van der Waals surface area contributed by atoms with Gasteiger partial charge in [-0.15, -0.1) is 0 Å². The van der Waals surface area contributed by atoms with Crippen molar-refractivity contribution in [2.75, 3.05) is 0 Å².